The lowest BCUT2D eigenvalue weighted by atomic mass is 10.1. The van der Waals surface area contributed by atoms with Crippen molar-refractivity contribution in [1.29, 1.82) is 0 Å². The van der Waals surface area contributed by atoms with Crippen molar-refractivity contribution in [1.82, 2.24) is 9.88 Å². The molecular formula is C15H18N2O2. The molecule has 2 aromatic rings. The van der Waals surface area contributed by atoms with Crippen molar-refractivity contribution in [2.24, 2.45) is 7.05 Å². The Morgan fingerprint density at radius 3 is 2.63 bits per heavy atom. The molecule has 0 aliphatic rings. The van der Waals surface area contributed by atoms with Crippen LogP contribution in [0, 0.1) is 0 Å². The van der Waals surface area contributed by atoms with Crippen LogP contribution in [0.2, 0.25) is 0 Å². The topological polar surface area (TPSA) is 43.3 Å². The predicted molar refractivity (Wildman–Crippen MR) is 74.3 cm³/mol. The van der Waals surface area contributed by atoms with Crippen LogP contribution >= 0.6 is 0 Å². The van der Waals surface area contributed by atoms with Crippen molar-refractivity contribution in [2.75, 3.05) is 7.11 Å². The number of ether oxygens (including phenoxy) is 1. The maximum atomic E-state index is 12.1. The van der Waals surface area contributed by atoms with Gasteiger partial charge in [-0.05, 0) is 25.1 Å². The summed E-state index contributed by atoms with van der Waals surface area (Å²) < 4.78 is 7.10. The number of amides is 1. The maximum absolute atomic E-state index is 12.1. The Kier molecular flexibility index (Phi) is 3.90. The average molecular weight is 258 g/mol. The Morgan fingerprint density at radius 2 is 2.00 bits per heavy atom. The Balaban J connectivity index is 2.15. The van der Waals surface area contributed by atoms with Crippen molar-refractivity contribution in [3.05, 3.63) is 53.9 Å². The molecule has 2 rings (SSSR count). The van der Waals surface area contributed by atoms with Gasteiger partial charge in [0.2, 0.25) is 0 Å². The highest BCUT2D eigenvalue weighted by Crippen LogP contribution is 2.24. The fourth-order valence-electron chi connectivity index (χ4n) is 2.07. The van der Waals surface area contributed by atoms with Crippen molar-refractivity contribution in [3.8, 4) is 5.75 Å². The molecule has 0 fully saturated rings. The SMILES string of the molecule is COc1ccccc1[C@@H](C)NC(=O)c1cccn1C. The molecule has 100 valence electrons. The summed E-state index contributed by atoms with van der Waals surface area (Å²) in [6.45, 7) is 1.94. The number of nitrogens with one attached hydrogen (secondary N) is 1. The normalized spacial score (nSPS) is 11.9. The quantitative estimate of drug-likeness (QED) is 0.915. The molecule has 19 heavy (non-hydrogen) atoms. The summed E-state index contributed by atoms with van der Waals surface area (Å²) in [5.41, 5.74) is 1.61. The summed E-state index contributed by atoms with van der Waals surface area (Å²) >= 11 is 0. The number of aromatic nitrogens is 1. The van der Waals surface area contributed by atoms with E-state index in [4.69, 9.17) is 4.74 Å². The van der Waals surface area contributed by atoms with E-state index in [1.165, 1.54) is 0 Å². The van der Waals surface area contributed by atoms with E-state index in [0.717, 1.165) is 11.3 Å². The van der Waals surface area contributed by atoms with Gasteiger partial charge in [-0.15, -0.1) is 0 Å². The van der Waals surface area contributed by atoms with Crippen LogP contribution in [-0.4, -0.2) is 17.6 Å². The number of hydrogen-bond donors (Lipinski definition) is 1. The van der Waals surface area contributed by atoms with Crippen LogP contribution in [0.25, 0.3) is 0 Å². The summed E-state index contributed by atoms with van der Waals surface area (Å²) in [6.07, 6.45) is 1.85. The average Bonchev–Trinajstić information content (AvgIpc) is 2.85. The van der Waals surface area contributed by atoms with Gasteiger partial charge in [-0.1, -0.05) is 18.2 Å². The molecular weight excluding hydrogens is 240 g/mol. The van der Waals surface area contributed by atoms with Crippen LogP contribution in [-0.2, 0) is 7.05 Å². The van der Waals surface area contributed by atoms with Gasteiger partial charge in [0, 0.05) is 18.8 Å². The number of benzene rings is 1. The Labute approximate surface area is 113 Å². The smallest absolute Gasteiger partial charge is 0.268 e. The third kappa shape index (κ3) is 2.78. The van der Waals surface area contributed by atoms with Crippen LogP contribution < -0.4 is 10.1 Å². The van der Waals surface area contributed by atoms with Gasteiger partial charge < -0.3 is 14.6 Å². The Morgan fingerprint density at radius 1 is 1.26 bits per heavy atom. The highest BCUT2D eigenvalue weighted by Gasteiger charge is 2.15. The second-order valence-corrected chi connectivity index (χ2v) is 4.44. The molecule has 0 saturated heterocycles. The molecule has 1 aromatic carbocycles. The number of rotatable bonds is 4. The predicted octanol–water partition coefficient (Wildman–Crippen LogP) is 2.52. The molecule has 1 heterocycles. The zero-order valence-corrected chi connectivity index (χ0v) is 11.4. The van der Waals surface area contributed by atoms with E-state index in [9.17, 15) is 4.79 Å². The van der Waals surface area contributed by atoms with Crippen LogP contribution in [0.3, 0.4) is 0 Å². The van der Waals surface area contributed by atoms with Gasteiger partial charge in [0.05, 0.1) is 13.2 Å². The van der Waals surface area contributed by atoms with E-state index in [-0.39, 0.29) is 11.9 Å². The van der Waals surface area contributed by atoms with E-state index in [1.54, 1.807) is 17.7 Å². The number of para-hydroxylation sites is 1. The molecule has 1 N–H and O–H groups in total. The highest BCUT2D eigenvalue weighted by molar-refractivity contribution is 5.93. The number of methoxy groups -OCH3 is 1. The van der Waals surface area contributed by atoms with E-state index < -0.39 is 0 Å². The molecule has 1 aromatic heterocycles. The first-order valence-corrected chi connectivity index (χ1v) is 6.18. The number of carbonyl (C=O) groups is 1. The number of hydrogen-bond acceptors (Lipinski definition) is 2. The van der Waals surface area contributed by atoms with Crippen molar-refractivity contribution in [3.63, 3.8) is 0 Å². The van der Waals surface area contributed by atoms with Gasteiger partial charge in [0.1, 0.15) is 11.4 Å². The first kappa shape index (κ1) is 13.2. The third-order valence-corrected chi connectivity index (χ3v) is 3.13. The molecule has 0 bridgehead atoms. The first-order chi connectivity index (χ1) is 9.13. The van der Waals surface area contributed by atoms with Crippen LogP contribution in [0.15, 0.2) is 42.6 Å². The summed E-state index contributed by atoms with van der Waals surface area (Å²) in [5, 5.41) is 2.97. The van der Waals surface area contributed by atoms with Crippen molar-refractivity contribution < 1.29 is 9.53 Å². The second kappa shape index (κ2) is 5.61. The van der Waals surface area contributed by atoms with E-state index in [2.05, 4.69) is 5.32 Å². The monoisotopic (exact) mass is 258 g/mol. The highest BCUT2D eigenvalue weighted by atomic mass is 16.5. The summed E-state index contributed by atoms with van der Waals surface area (Å²) in [5.74, 6) is 0.688. The Hall–Kier alpha value is -2.23. The van der Waals surface area contributed by atoms with Gasteiger partial charge in [0.15, 0.2) is 0 Å². The Bertz CT molecular complexity index is 575. The minimum Gasteiger partial charge on any atom is -0.496 e. The lowest BCUT2D eigenvalue weighted by molar-refractivity contribution is 0.0931. The van der Waals surface area contributed by atoms with E-state index in [0.29, 0.717) is 5.69 Å². The van der Waals surface area contributed by atoms with Gasteiger partial charge >= 0.3 is 0 Å². The molecule has 0 aliphatic heterocycles. The second-order valence-electron chi connectivity index (χ2n) is 4.44. The third-order valence-electron chi connectivity index (χ3n) is 3.13. The molecule has 1 amide bonds. The van der Waals surface area contributed by atoms with Crippen LogP contribution in [0.4, 0.5) is 0 Å². The maximum Gasteiger partial charge on any atom is 0.268 e. The molecule has 0 spiro atoms. The van der Waals surface area contributed by atoms with Gasteiger partial charge in [-0.3, -0.25) is 4.79 Å². The number of carbonyl (C=O) groups excluding carboxylic acids is 1. The van der Waals surface area contributed by atoms with Crippen molar-refractivity contribution >= 4 is 5.91 Å². The molecule has 4 nitrogen and oxygen atoms in total. The number of aryl methyl sites for hydroxylation is 1. The largest absolute Gasteiger partial charge is 0.496 e. The van der Waals surface area contributed by atoms with Crippen molar-refractivity contribution in [2.45, 2.75) is 13.0 Å². The van der Waals surface area contributed by atoms with E-state index >= 15 is 0 Å². The lowest BCUT2D eigenvalue weighted by Crippen LogP contribution is -2.28. The zero-order valence-electron chi connectivity index (χ0n) is 11.4. The summed E-state index contributed by atoms with van der Waals surface area (Å²) in [7, 11) is 3.48. The van der Waals surface area contributed by atoms with Gasteiger partial charge in [-0.2, -0.15) is 0 Å². The molecule has 0 saturated carbocycles. The summed E-state index contributed by atoms with van der Waals surface area (Å²) in [4.78, 5) is 12.1. The first-order valence-electron chi connectivity index (χ1n) is 6.18. The fourth-order valence-corrected chi connectivity index (χ4v) is 2.07. The minimum atomic E-state index is -0.112. The minimum absolute atomic E-state index is 0.0918. The molecule has 0 unspecified atom stereocenters. The van der Waals surface area contributed by atoms with Crippen LogP contribution in [0.5, 0.6) is 5.75 Å². The fraction of sp³-hybridized carbons (Fsp3) is 0.267. The molecule has 4 heteroatoms. The lowest BCUT2D eigenvalue weighted by Gasteiger charge is -2.17. The zero-order chi connectivity index (χ0) is 13.8. The molecule has 1 atom stereocenters. The van der Waals surface area contributed by atoms with Crippen LogP contribution in [0.1, 0.15) is 29.0 Å². The van der Waals surface area contributed by atoms with Gasteiger partial charge in [0.25, 0.3) is 5.91 Å². The molecule has 0 radical (unpaired) electrons. The van der Waals surface area contributed by atoms with Gasteiger partial charge in [-0.25, -0.2) is 0 Å². The standard InChI is InChI=1S/C15H18N2O2/c1-11(12-7-4-5-9-14(12)19-3)16-15(18)13-8-6-10-17(13)2/h4-11H,1-3H3,(H,16,18)/t11-/m1/s1. The molecule has 0 aliphatic carbocycles. The summed E-state index contributed by atoms with van der Waals surface area (Å²) in [6, 6.07) is 11.2. The van der Waals surface area contributed by atoms with E-state index in [1.807, 2.05) is 50.5 Å². The number of nitrogens with zero attached hydrogens (tertiary/aromatic N) is 1.